The van der Waals surface area contributed by atoms with Crippen LogP contribution in [0.3, 0.4) is 0 Å². The van der Waals surface area contributed by atoms with Crippen molar-refractivity contribution >= 4 is 5.95 Å². The number of nitrogens with one attached hydrogen (secondary N) is 1. The lowest BCUT2D eigenvalue weighted by Crippen LogP contribution is -2.35. The number of aliphatic hydroxyl groups excluding tert-OH is 1. The van der Waals surface area contributed by atoms with Gasteiger partial charge in [0.05, 0.1) is 11.8 Å². The molecule has 0 spiro atoms. The Hall–Kier alpha value is -1.20. The van der Waals surface area contributed by atoms with Gasteiger partial charge in [0.2, 0.25) is 5.95 Å². The van der Waals surface area contributed by atoms with E-state index < -0.39 is 0 Å². The second-order valence-corrected chi connectivity index (χ2v) is 6.73. The van der Waals surface area contributed by atoms with Gasteiger partial charge in [-0.2, -0.15) is 0 Å². The molecule has 2 aliphatic rings. The van der Waals surface area contributed by atoms with E-state index in [1.165, 1.54) is 19.3 Å². The molecule has 0 radical (unpaired) electrons. The number of hydrogen-bond donors (Lipinski definition) is 2. The van der Waals surface area contributed by atoms with Gasteiger partial charge >= 0.3 is 0 Å². The maximum atomic E-state index is 9.58. The number of hydrogen-bond acceptors (Lipinski definition) is 5. The van der Waals surface area contributed by atoms with E-state index in [-0.39, 0.29) is 6.10 Å². The summed E-state index contributed by atoms with van der Waals surface area (Å²) >= 11 is 0. The Morgan fingerprint density at radius 1 is 1.14 bits per heavy atom. The zero-order chi connectivity index (χ0) is 15.4. The molecule has 5 nitrogen and oxygen atoms in total. The summed E-state index contributed by atoms with van der Waals surface area (Å²) in [5.41, 5.74) is 2.13. The average Bonchev–Trinajstić information content (AvgIpc) is 2.55. The Labute approximate surface area is 133 Å². The van der Waals surface area contributed by atoms with Crippen molar-refractivity contribution in [3.8, 4) is 0 Å². The van der Waals surface area contributed by atoms with Gasteiger partial charge in [0, 0.05) is 31.4 Å². The minimum atomic E-state index is -0.0925. The SMILES string of the molecule is Cc1cc(CNC2CCC(O)CC2)nc(N2CCCCC2)n1. The zero-order valence-electron chi connectivity index (χ0n) is 13.6. The fourth-order valence-corrected chi connectivity index (χ4v) is 3.47. The lowest BCUT2D eigenvalue weighted by molar-refractivity contribution is 0.116. The molecule has 0 amide bonds. The van der Waals surface area contributed by atoms with E-state index in [9.17, 15) is 5.11 Å². The molecule has 2 heterocycles. The minimum absolute atomic E-state index is 0.0925. The van der Waals surface area contributed by atoms with E-state index in [0.29, 0.717) is 6.04 Å². The Morgan fingerprint density at radius 2 is 1.86 bits per heavy atom. The standard InChI is InChI=1S/C17H28N4O/c1-13-11-15(12-18-14-5-7-16(22)8-6-14)20-17(19-13)21-9-3-2-4-10-21/h11,14,16,18,22H,2-10,12H2,1H3. The van der Waals surface area contributed by atoms with Crippen LogP contribution in [0.25, 0.3) is 0 Å². The maximum Gasteiger partial charge on any atom is 0.225 e. The summed E-state index contributed by atoms with van der Waals surface area (Å²) in [6.45, 7) is 5.01. The van der Waals surface area contributed by atoms with Crippen LogP contribution < -0.4 is 10.2 Å². The molecule has 3 rings (SSSR count). The van der Waals surface area contributed by atoms with E-state index in [0.717, 1.165) is 62.7 Å². The van der Waals surface area contributed by atoms with E-state index >= 15 is 0 Å². The summed E-state index contributed by atoms with van der Waals surface area (Å²) in [5.74, 6) is 0.899. The molecule has 0 bridgehead atoms. The van der Waals surface area contributed by atoms with Crippen LogP contribution in [0.4, 0.5) is 5.95 Å². The largest absolute Gasteiger partial charge is 0.393 e. The van der Waals surface area contributed by atoms with Crippen LogP contribution in [0.1, 0.15) is 56.3 Å². The predicted octanol–water partition coefficient (Wildman–Crippen LogP) is 2.17. The summed E-state index contributed by atoms with van der Waals surface area (Å²) in [7, 11) is 0. The molecule has 0 unspecified atom stereocenters. The number of rotatable bonds is 4. The number of piperidine rings is 1. The summed E-state index contributed by atoms with van der Waals surface area (Å²) in [4.78, 5) is 11.7. The molecule has 1 saturated carbocycles. The quantitative estimate of drug-likeness (QED) is 0.892. The highest BCUT2D eigenvalue weighted by atomic mass is 16.3. The minimum Gasteiger partial charge on any atom is -0.393 e. The van der Waals surface area contributed by atoms with Gasteiger partial charge in [-0.3, -0.25) is 0 Å². The van der Waals surface area contributed by atoms with Gasteiger partial charge in [-0.15, -0.1) is 0 Å². The monoisotopic (exact) mass is 304 g/mol. The predicted molar refractivity (Wildman–Crippen MR) is 87.9 cm³/mol. The first-order chi connectivity index (χ1) is 10.7. The summed E-state index contributed by atoms with van der Waals surface area (Å²) in [5, 5.41) is 13.2. The van der Waals surface area contributed by atoms with Crippen molar-refractivity contribution in [2.24, 2.45) is 0 Å². The number of aliphatic hydroxyl groups is 1. The second kappa shape index (κ2) is 7.38. The highest BCUT2D eigenvalue weighted by Crippen LogP contribution is 2.19. The lowest BCUT2D eigenvalue weighted by atomic mass is 9.93. The highest BCUT2D eigenvalue weighted by molar-refractivity contribution is 5.32. The fraction of sp³-hybridized carbons (Fsp3) is 0.765. The van der Waals surface area contributed by atoms with Crippen molar-refractivity contribution in [3.63, 3.8) is 0 Å². The summed E-state index contributed by atoms with van der Waals surface area (Å²) < 4.78 is 0. The smallest absolute Gasteiger partial charge is 0.225 e. The summed E-state index contributed by atoms with van der Waals surface area (Å²) in [6.07, 6.45) is 7.67. The Bertz CT molecular complexity index is 480. The molecular formula is C17H28N4O. The van der Waals surface area contributed by atoms with Crippen molar-refractivity contribution in [2.75, 3.05) is 18.0 Å². The van der Waals surface area contributed by atoms with E-state index in [4.69, 9.17) is 4.98 Å². The Morgan fingerprint density at radius 3 is 2.59 bits per heavy atom. The summed E-state index contributed by atoms with van der Waals surface area (Å²) in [6, 6.07) is 2.59. The van der Waals surface area contributed by atoms with E-state index in [2.05, 4.69) is 28.2 Å². The molecule has 1 aromatic rings. The molecular weight excluding hydrogens is 276 g/mol. The topological polar surface area (TPSA) is 61.3 Å². The molecule has 0 aromatic carbocycles. The maximum absolute atomic E-state index is 9.58. The number of anilines is 1. The van der Waals surface area contributed by atoms with Gasteiger partial charge in [-0.25, -0.2) is 9.97 Å². The van der Waals surface area contributed by atoms with Crippen molar-refractivity contribution in [1.29, 1.82) is 0 Å². The molecule has 5 heteroatoms. The highest BCUT2D eigenvalue weighted by Gasteiger charge is 2.19. The molecule has 2 fully saturated rings. The first kappa shape index (κ1) is 15.7. The molecule has 22 heavy (non-hydrogen) atoms. The normalized spacial score (nSPS) is 26.2. The van der Waals surface area contributed by atoms with Crippen molar-refractivity contribution < 1.29 is 5.11 Å². The van der Waals surface area contributed by atoms with Crippen LogP contribution in [0, 0.1) is 6.92 Å². The van der Waals surface area contributed by atoms with Crippen LogP contribution in [-0.4, -0.2) is 40.3 Å². The fourth-order valence-electron chi connectivity index (χ4n) is 3.47. The van der Waals surface area contributed by atoms with Gasteiger partial charge in [-0.05, 0) is 57.9 Å². The molecule has 1 saturated heterocycles. The molecule has 122 valence electrons. The molecule has 1 aromatic heterocycles. The van der Waals surface area contributed by atoms with Gasteiger partial charge in [-0.1, -0.05) is 0 Å². The molecule has 2 N–H and O–H groups in total. The average molecular weight is 304 g/mol. The van der Waals surface area contributed by atoms with Crippen LogP contribution >= 0.6 is 0 Å². The van der Waals surface area contributed by atoms with Crippen LogP contribution in [0.15, 0.2) is 6.07 Å². The first-order valence-corrected chi connectivity index (χ1v) is 8.71. The van der Waals surface area contributed by atoms with Gasteiger partial charge < -0.3 is 15.3 Å². The van der Waals surface area contributed by atoms with Crippen LogP contribution in [0.2, 0.25) is 0 Å². The molecule has 1 aliphatic carbocycles. The second-order valence-electron chi connectivity index (χ2n) is 6.73. The van der Waals surface area contributed by atoms with E-state index in [1.807, 2.05) is 0 Å². The van der Waals surface area contributed by atoms with Crippen LogP contribution in [-0.2, 0) is 6.54 Å². The van der Waals surface area contributed by atoms with Crippen LogP contribution in [0.5, 0.6) is 0 Å². The third-order valence-corrected chi connectivity index (χ3v) is 4.80. The third-order valence-electron chi connectivity index (χ3n) is 4.80. The Balaban J connectivity index is 1.59. The Kier molecular flexibility index (Phi) is 5.26. The van der Waals surface area contributed by atoms with Gasteiger partial charge in [0.25, 0.3) is 0 Å². The molecule has 0 atom stereocenters. The van der Waals surface area contributed by atoms with Gasteiger partial charge in [0.15, 0.2) is 0 Å². The molecule has 1 aliphatic heterocycles. The number of nitrogens with zero attached hydrogens (tertiary/aromatic N) is 3. The third kappa shape index (κ3) is 4.17. The number of aryl methyl sites for hydroxylation is 1. The first-order valence-electron chi connectivity index (χ1n) is 8.71. The van der Waals surface area contributed by atoms with Gasteiger partial charge in [0.1, 0.15) is 0 Å². The van der Waals surface area contributed by atoms with E-state index in [1.54, 1.807) is 0 Å². The van der Waals surface area contributed by atoms with Crippen molar-refractivity contribution in [1.82, 2.24) is 15.3 Å². The zero-order valence-corrected chi connectivity index (χ0v) is 13.6. The van der Waals surface area contributed by atoms with Crippen molar-refractivity contribution in [2.45, 2.75) is 70.6 Å². The lowest BCUT2D eigenvalue weighted by Gasteiger charge is -2.28. The van der Waals surface area contributed by atoms with Crippen molar-refractivity contribution in [3.05, 3.63) is 17.5 Å². The number of aromatic nitrogens is 2.